The summed E-state index contributed by atoms with van der Waals surface area (Å²) in [5.74, 6) is -6.02. The molecule has 13 heteroatoms. The highest BCUT2D eigenvalue weighted by Crippen LogP contribution is 2.54. The van der Waals surface area contributed by atoms with Gasteiger partial charge in [-0.1, -0.05) is 17.7 Å². The molecule has 2 aliphatic rings. The summed E-state index contributed by atoms with van der Waals surface area (Å²) in [7, 11) is 1.34. The molecule has 6 nitrogen and oxygen atoms in total. The molecule has 2 saturated carbocycles. The maximum atomic E-state index is 13.8. The van der Waals surface area contributed by atoms with Crippen LogP contribution in [0, 0.1) is 23.6 Å². The minimum Gasteiger partial charge on any atom is -0.496 e. The Kier molecular flexibility index (Phi) is 7.93. The van der Waals surface area contributed by atoms with Crippen LogP contribution in [0.5, 0.6) is 5.75 Å². The summed E-state index contributed by atoms with van der Waals surface area (Å²) in [5, 5.41) is 5.00. The lowest BCUT2D eigenvalue weighted by Gasteiger charge is -2.30. The number of amides is 2. The predicted octanol–water partition coefficient (Wildman–Crippen LogP) is 6.80. The van der Waals surface area contributed by atoms with Gasteiger partial charge in [-0.2, -0.15) is 26.3 Å². The third-order valence-electron chi connectivity index (χ3n) is 7.81. The van der Waals surface area contributed by atoms with Crippen molar-refractivity contribution in [2.24, 2.45) is 17.8 Å². The number of anilines is 1. The maximum Gasteiger partial charge on any atom is 0.419 e. The number of nitrogens with zero attached hydrogens (tertiary/aromatic N) is 1. The van der Waals surface area contributed by atoms with Crippen molar-refractivity contribution < 1.29 is 45.1 Å². The SMILES string of the molecule is COc1ccc(-c2cccnc2)cc1C(=O)NC1C2CCC(C2=CC(F)(F)F)C1C(=O)Nc1ccc(F)c(C(F)(F)F)c1. The van der Waals surface area contributed by atoms with Gasteiger partial charge in [0.05, 0.1) is 24.2 Å². The van der Waals surface area contributed by atoms with Crippen LogP contribution < -0.4 is 15.4 Å². The summed E-state index contributed by atoms with van der Waals surface area (Å²) in [5.41, 5.74) is -0.718. The van der Waals surface area contributed by atoms with E-state index < -0.39 is 65.0 Å². The molecule has 4 unspecified atom stereocenters. The van der Waals surface area contributed by atoms with Gasteiger partial charge in [-0.05, 0) is 60.7 Å². The smallest absolute Gasteiger partial charge is 0.419 e. The highest BCUT2D eigenvalue weighted by Gasteiger charge is 2.55. The number of aromatic nitrogens is 1. The lowest BCUT2D eigenvalue weighted by molar-refractivity contribution is -0.140. The third-order valence-corrected chi connectivity index (χ3v) is 7.81. The van der Waals surface area contributed by atoms with E-state index in [0.717, 1.165) is 6.07 Å². The van der Waals surface area contributed by atoms with E-state index in [2.05, 4.69) is 15.6 Å². The van der Waals surface area contributed by atoms with E-state index in [-0.39, 0.29) is 35.8 Å². The van der Waals surface area contributed by atoms with Crippen molar-refractivity contribution in [3.05, 3.63) is 89.5 Å². The minimum atomic E-state index is -5.04. The second-order valence-corrected chi connectivity index (χ2v) is 10.3. The average Bonchev–Trinajstić information content (AvgIpc) is 3.46. The van der Waals surface area contributed by atoms with Crippen LogP contribution in [0.15, 0.2) is 72.6 Å². The average molecular weight is 608 g/mol. The van der Waals surface area contributed by atoms with Crippen LogP contribution in [0.4, 0.5) is 36.4 Å². The summed E-state index contributed by atoms with van der Waals surface area (Å²) in [6, 6.07) is 8.98. The highest BCUT2D eigenvalue weighted by atomic mass is 19.4. The lowest BCUT2D eigenvalue weighted by Crippen LogP contribution is -2.48. The Morgan fingerprint density at radius 3 is 2.37 bits per heavy atom. The maximum absolute atomic E-state index is 13.8. The van der Waals surface area contributed by atoms with Crippen LogP contribution in [-0.4, -0.2) is 36.1 Å². The summed E-state index contributed by atoms with van der Waals surface area (Å²) in [4.78, 5) is 31.1. The van der Waals surface area contributed by atoms with Gasteiger partial charge in [0.1, 0.15) is 11.6 Å². The summed E-state index contributed by atoms with van der Waals surface area (Å²) < 4.78 is 99.3. The lowest BCUT2D eigenvalue weighted by atomic mass is 9.83. The molecule has 2 bridgehead atoms. The molecule has 2 N–H and O–H groups in total. The Hall–Kier alpha value is -4.42. The molecular weight excluding hydrogens is 583 g/mol. The van der Waals surface area contributed by atoms with Crippen molar-refractivity contribution in [1.29, 1.82) is 0 Å². The normalized spacial score (nSPS) is 22.5. The van der Waals surface area contributed by atoms with E-state index in [0.29, 0.717) is 23.3 Å². The fraction of sp³-hybridized carbons (Fsp3) is 0.300. The van der Waals surface area contributed by atoms with Crippen molar-refractivity contribution in [3.8, 4) is 16.9 Å². The number of hydrogen-bond donors (Lipinski definition) is 2. The van der Waals surface area contributed by atoms with Crippen LogP contribution >= 0.6 is 0 Å². The van der Waals surface area contributed by atoms with Crippen LogP contribution in [0.1, 0.15) is 28.8 Å². The molecule has 1 aromatic heterocycles. The van der Waals surface area contributed by atoms with Crippen LogP contribution in [0.2, 0.25) is 0 Å². The van der Waals surface area contributed by atoms with Crippen molar-refractivity contribution in [3.63, 3.8) is 0 Å². The fourth-order valence-electron chi connectivity index (χ4n) is 6.05. The van der Waals surface area contributed by atoms with E-state index in [1.54, 1.807) is 36.7 Å². The molecule has 43 heavy (non-hydrogen) atoms. The van der Waals surface area contributed by atoms with E-state index in [1.165, 1.54) is 13.2 Å². The largest absolute Gasteiger partial charge is 0.496 e. The topological polar surface area (TPSA) is 80.3 Å². The number of pyridine rings is 1. The molecule has 0 spiro atoms. The Labute approximate surface area is 241 Å². The number of fused-ring (bicyclic) bond motifs is 2. The van der Waals surface area contributed by atoms with Gasteiger partial charge in [0.25, 0.3) is 5.91 Å². The zero-order valence-electron chi connectivity index (χ0n) is 22.4. The number of allylic oxidation sites excluding steroid dienone is 1. The monoisotopic (exact) mass is 607 g/mol. The molecule has 0 aliphatic heterocycles. The number of ether oxygens (including phenoxy) is 1. The molecule has 2 aromatic carbocycles. The first-order valence-electron chi connectivity index (χ1n) is 13.1. The molecule has 2 fully saturated rings. The first-order valence-corrected chi connectivity index (χ1v) is 13.1. The number of halogens is 7. The van der Waals surface area contributed by atoms with Gasteiger partial charge in [0, 0.05) is 41.7 Å². The number of nitrogens with one attached hydrogen (secondary N) is 2. The van der Waals surface area contributed by atoms with Crippen LogP contribution in [-0.2, 0) is 11.0 Å². The Morgan fingerprint density at radius 2 is 1.72 bits per heavy atom. The summed E-state index contributed by atoms with van der Waals surface area (Å²) in [6.45, 7) is 0. The molecule has 0 saturated heterocycles. The van der Waals surface area contributed by atoms with Gasteiger partial charge in [0.15, 0.2) is 0 Å². The number of methoxy groups -OCH3 is 1. The number of alkyl halides is 6. The summed E-state index contributed by atoms with van der Waals surface area (Å²) in [6.07, 6.45) is -6.01. The highest BCUT2D eigenvalue weighted by molar-refractivity contribution is 6.00. The van der Waals surface area contributed by atoms with Gasteiger partial charge >= 0.3 is 12.4 Å². The van der Waals surface area contributed by atoms with Gasteiger partial charge in [-0.25, -0.2) is 4.39 Å². The number of hydrogen-bond acceptors (Lipinski definition) is 4. The predicted molar refractivity (Wildman–Crippen MR) is 141 cm³/mol. The van der Waals surface area contributed by atoms with Crippen molar-refractivity contribution in [2.45, 2.75) is 31.2 Å². The Morgan fingerprint density at radius 1 is 0.977 bits per heavy atom. The quantitative estimate of drug-likeness (QED) is 0.239. The van der Waals surface area contributed by atoms with Gasteiger partial charge in [-0.3, -0.25) is 14.6 Å². The number of rotatable bonds is 6. The molecule has 4 atom stereocenters. The van der Waals surface area contributed by atoms with Crippen molar-refractivity contribution in [1.82, 2.24) is 10.3 Å². The van der Waals surface area contributed by atoms with E-state index in [1.807, 2.05) is 0 Å². The van der Waals surface area contributed by atoms with Crippen LogP contribution in [0.3, 0.4) is 0 Å². The fourth-order valence-corrected chi connectivity index (χ4v) is 6.05. The van der Waals surface area contributed by atoms with Crippen molar-refractivity contribution in [2.75, 3.05) is 12.4 Å². The molecule has 0 radical (unpaired) electrons. The first kappa shape index (κ1) is 30.1. The molecule has 2 aliphatic carbocycles. The molecule has 2 amide bonds. The zero-order chi connectivity index (χ0) is 31.1. The zero-order valence-corrected chi connectivity index (χ0v) is 22.4. The molecular formula is C30H24F7N3O3. The summed E-state index contributed by atoms with van der Waals surface area (Å²) >= 11 is 0. The number of carbonyl (C=O) groups excluding carboxylic acids is 2. The Bertz CT molecular complexity index is 1570. The van der Waals surface area contributed by atoms with E-state index in [9.17, 15) is 40.3 Å². The molecule has 226 valence electrons. The minimum absolute atomic E-state index is 0.0560. The number of carbonyl (C=O) groups is 2. The van der Waals surface area contributed by atoms with Gasteiger partial charge in [0.2, 0.25) is 5.91 Å². The van der Waals surface area contributed by atoms with Gasteiger partial charge in [-0.15, -0.1) is 0 Å². The second kappa shape index (κ2) is 11.3. The number of benzene rings is 2. The molecule has 5 rings (SSSR count). The first-order chi connectivity index (χ1) is 20.3. The second-order valence-electron chi connectivity index (χ2n) is 10.3. The molecule has 3 aromatic rings. The van der Waals surface area contributed by atoms with E-state index in [4.69, 9.17) is 4.74 Å². The standard InChI is InChI=1S/C30H24F7N3O3/c1-43-24-9-4-15(16-3-2-10-38-14-16)11-20(24)27(41)40-26-19-7-6-18(21(19)13-29(32,33)34)25(26)28(42)39-17-5-8-23(31)22(12-17)30(35,36)37/h2-5,8-14,18-19,25-26H,6-7H2,1H3,(H,39,42)(H,40,41). The molecule has 1 heterocycles. The Balaban J connectivity index is 1.48. The van der Waals surface area contributed by atoms with Crippen molar-refractivity contribution >= 4 is 17.5 Å². The van der Waals surface area contributed by atoms with E-state index >= 15 is 0 Å². The van der Waals surface area contributed by atoms with Gasteiger partial charge < -0.3 is 15.4 Å². The van der Waals surface area contributed by atoms with Crippen LogP contribution in [0.25, 0.3) is 11.1 Å². The third kappa shape index (κ3) is 6.20.